The number of rotatable bonds is 6. The maximum absolute atomic E-state index is 12.0. The molecule has 0 saturated carbocycles. The lowest BCUT2D eigenvalue weighted by Gasteiger charge is -2.14. The van der Waals surface area contributed by atoms with E-state index in [0.717, 1.165) is 4.90 Å². The van der Waals surface area contributed by atoms with Crippen molar-refractivity contribution in [3.8, 4) is 0 Å². The van der Waals surface area contributed by atoms with Gasteiger partial charge in [0.15, 0.2) is 11.0 Å². The zero-order valence-corrected chi connectivity index (χ0v) is 12.5. The lowest BCUT2D eigenvalue weighted by Crippen LogP contribution is -2.09. The van der Waals surface area contributed by atoms with Gasteiger partial charge in [-0.05, 0) is 30.9 Å². The van der Waals surface area contributed by atoms with Crippen molar-refractivity contribution in [2.75, 3.05) is 0 Å². The van der Waals surface area contributed by atoms with Gasteiger partial charge in [-0.3, -0.25) is 0 Å². The molecule has 0 spiro atoms. The van der Waals surface area contributed by atoms with Gasteiger partial charge in [0.05, 0.1) is 4.90 Å². The minimum absolute atomic E-state index is 0.374. The molecule has 3 heteroatoms. The van der Waals surface area contributed by atoms with Crippen LogP contribution in [0.3, 0.4) is 0 Å². The Bertz CT molecular complexity index is 411. The zero-order valence-electron chi connectivity index (χ0n) is 11.7. The summed E-state index contributed by atoms with van der Waals surface area (Å²) in [7, 11) is -1.26. The third-order valence-electron chi connectivity index (χ3n) is 3.26. The molecular weight excluding hydrogens is 242 g/mol. The Hall–Kier alpha value is -0.960. The van der Waals surface area contributed by atoms with Gasteiger partial charge < -0.3 is 0 Å². The van der Waals surface area contributed by atoms with Gasteiger partial charge in [-0.15, -0.1) is 0 Å². The molecule has 0 heterocycles. The van der Waals surface area contributed by atoms with Crippen molar-refractivity contribution in [1.82, 2.24) is 0 Å². The van der Waals surface area contributed by atoms with Crippen LogP contribution in [0.5, 0.6) is 0 Å². The fourth-order valence-corrected chi connectivity index (χ4v) is 2.53. The van der Waals surface area contributed by atoms with Crippen LogP contribution in [0.15, 0.2) is 33.6 Å². The van der Waals surface area contributed by atoms with Crippen molar-refractivity contribution < 1.29 is 4.21 Å². The Morgan fingerprint density at radius 2 is 1.89 bits per heavy atom. The molecule has 1 rings (SSSR count). The minimum atomic E-state index is -1.26. The summed E-state index contributed by atoms with van der Waals surface area (Å²) in [5.74, 6) is 0.966. The highest BCUT2D eigenvalue weighted by atomic mass is 32.2. The van der Waals surface area contributed by atoms with Crippen LogP contribution in [0, 0.1) is 18.8 Å². The summed E-state index contributed by atoms with van der Waals surface area (Å²) in [6.07, 6.45) is 4.21. The van der Waals surface area contributed by atoms with Crippen molar-refractivity contribution >= 4 is 17.2 Å². The lowest BCUT2D eigenvalue weighted by atomic mass is 9.93. The molecule has 0 aliphatic rings. The second-order valence-corrected chi connectivity index (χ2v) is 6.12. The first kappa shape index (κ1) is 15.1. The molecular formula is C15H23NOS. The molecule has 1 unspecified atom stereocenters. The van der Waals surface area contributed by atoms with E-state index in [2.05, 4.69) is 25.2 Å². The molecule has 3 atom stereocenters. The first-order chi connectivity index (χ1) is 8.54. The Balaban J connectivity index is 2.61. The molecule has 18 heavy (non-hydrogen) atoms. The van der Waals surface area contributed by atoms with Gasteiger partial charge in [0.25, 0.3) is 0 Å². The third-order valence-corrected chi connectivity index (χ3v) is 4.24. The molecule has 0 radical (unpaired) electrons. The molecule has 1 aromatic rings. The number of hydrogen-bond acceptors (Lipinski definition) is 1. The summed E-state index contributed by atoms with van der Waals surface area (Å²) in [6.45, 7) is 8.56. The molecule has 2 nitrogen and oxygen atoms in total. The highest BCUT2D eigenvalue weighted by Gasteiger charge is 2.09. The molecule has 0 N–H and O–H groups in total. The first-order valence-corrected chi connectivity index (χ1v) is 7.68. The quantitative estimate of drug-likeness (QED) is 0.710. The van der Waals surface area contributed by atoms with E-state index in [-0.39, 0.29) is 0 Å². The Morgan fingerprint density at radius 1 is 1.28 bits per heavy atom. The molecule has 100 valence electrons. The molecule has 0 saturated heterocycles. The standard InChI is InChI=1S/C15H23NOS/c1-5-6-13(3)14(4)11-16-18(17)15-9-7-12(2)8-10-15/h7-11,13-14H,5-6H2,1-4H3/b16-11+/t13-,14+,18?/m1/s1. The fourth-order valence-electron chi connectivity index (χ4n) is 1.73. The fraction of sp³-hybridized carbons (Fsp3) is 0.533. The second-order valence-electron chi connectivity index (χ2n) is 4.94. The number of benzene rings is 1. The topological polar surface area (TPSA) is 29.4 Å². The lowest BCUT2D eigenvalue weighted by molar-refractivity contribution is 0.450. The van der Waals surface area contributed by atoms with Crippen molar-refractivity contribution in [2.24, 2.45) is 16.2 Å². The number of nitrogens with zero attached hydrogens (tertiary/aromatic N) is 1. The minimum Gasteiger partial charge on any atom is -0.230 e. The summed E-state index contributed by atoms with van der Waals surface area (Å²) in [6, 6.07) is 7.68. The summed E-state index contributed by atoms with van der Waals surface area (Å²) >= 11 is 0. The summed E-state index contributed by atoms with van der Waals surface area (Å²) in [4.78, 5) is 0.771. The van der Waals surface area contributed by atoms with Crippen LogP contribution in [-0.2, 0) is 11.0 Å². The van der Waals surface area contributed by atoms with E-state index in [1.807, 2.05) is 37.4 Å². The Labute approximate surface area is 113 Å². The van der Waals surface area contributed by atoms with Crippen LogP contribution < -0.4 is 0 Å². The van der Waals surface area contributed by atoms with Gasteiger partial charge >= 0.3 is 0 Å². The Kier molecular flexibility index (Phi) is 6.27. The molecule has 0 bridgehead atoms. The normalized spacial score (nSPS) is 16.7. The van der Waals surface area contributed by atoms with Crippen LogP contribution in [0.25, 0.3) is 0 Å². The van der Waals surface area contributed by atoms with Crippen molar-refractivity contribution in [2.45, 2.75) is 45.4 Å². The number of aryl methyl sites for hydroxylation is 1. The van der Waals surface area contributed by atoms with Gasteiger partial charge in [0, 0.05) is 6.21 Å². The van der Waals surface area contributed by atoms with Crippen LogP contribution in [0.1, 0.15) is 39.2 Å². The van der Waals surface area contributed by atoms with Crippen LogP contribution in [-0.4, -0.2) is 10.4 Å². The summed E-state index contributed by atoms with van der Waals surface area (Å²) in [5, 5.41) is 0. The van der Waals surface area contributed by atoms with E-state index in [1.54, 1.807) is 0 Å². The predicted molar refractivity (Wildman–Crippen MR) is 79.3 cm³/mol. The van der Waals surface area contributed by atoms with Crippen LogP contribution in [0.2, 0.25) is 0 Å². The van der Waals surface area contributed by atoms with Gasteiger partial charge in [0.1, 0.15) is 0 Å². The second kappa shape index (κ2) is 7.47. The van der Waals surface area contributed by atoms with E-state index in [4.69, 9.17) is 0 Å². The van der Waals surface area contributed by atoms with Crippen molar-refractivity contribution in [1.29, 1.82) is 0 Å². The molecule has 0 aliphatic carbocycles. The zero-order chi connectivity index (χ0) is 13.5. The summed E-state index contributed by atoms with van der Waals surface area (Å²) < 4.78 is 16.1. The first-order valence-electron chi connectivity index (χ1n) is 6.57. The average Bonchev–Trinajstić information content (AvgIpc) is 2.36. The van der Waals surface area contributed by atoms with E-state index >= 15 is 0 Å². The van der Waals surface area contributed by atoms with Crippen molar-refractivity contribution in [3.05, 3.63) is 29.8 Å². The highest BCUT2D eigenvalue weighted by Crippen LogP contribution is 2.16. The van der Waals surface area contributed by atoms with Gasteiger partial charge in [0.2, 0.25) is 0 Å². The molecule has 0 aliphatic heterocycles. The van der Waals surface area contributed by atoms with Gasteiger partial charge in [-0.1, -0.05) is 51.3 Å². The average molecular weight is 265 g/mol. The molecule has 0 aromatic heterocycles. The largest absolute Gasteiger partial charge is 0.230 e. The van der Waals surface area contributed by atoms with Gasteiger partial charge in [-0.2, -0.15) is 4.40 Å². The maximum atomic E-state index is 12.0. The molecule has 1 aromatic carbocycles. The maximum Gasteiger partial charge on any atom is 0.172 e. The SMILES string of the molecule is CCC[C@@H](C)[C@@H](C)/C=N/S(=O)c1ccc(C)cc1. The van der Waals surface area contributed by atoms with E-state index in [1.165, 1.54) is 18.4 Å². The van der Waals surface area contributed by atoms with Crippen molar-refractivity contribution in [3.63, 3.8) is 0 Å². The van der Waals surface area contributed by atoms with Crippen LogP contribution >= 0.6 is 0 Å². The smallest absolute Gasteiger partial charge is 0.172 e. The number of hydrogen-bond donors (Lipinski definition) is 0. The van der Waals surface area contributed by atoms with Gasteiger partial charge in [-0.25, -0.2) is 4.21 Å². The van der Waals surface area contributed by atoms with E-state index in [9.17, 15) is 4.21 Å². The van der Waals surface area contributed by atoms with E-state index in [0.29, 0.717) is 11.8 Å². The van der Waals surface area contributed by atoms with Crippen LogP contribution in [0.4, 0.5) is 0 Å². The Morgan fingerprint density at radius 3 is 2.44 bits per heavy atom. The highest BCUT2D eigenvalue weighted by molar-refractivity contribution is 7.83. The monoisotopic (exact) mass is 265 g/mol. The molecule has 0 amide bonds. The van der Waals surface area contributed by atoms with E-state index < -0.39 is 11.0 Å². The predicted octanol–water partition coefficient (Wildman–Crippen LogP) is 4.16. The third kappa shape index (κ3) is 4.73. The summed E-state index contributed by atoms with van der Waals surface area (Å²) in [5.41, 5.74) is 1.17. The molecule has 0 fully saturated rings.